The van der Waals surface area contributed by atoms with Crippen LogP contribution in [0.3, 0.4) is 0 Å². The predicted molar refractivity (Wildman–Crippen MR) is 67.8 cm³/mol. The Bertz CT molecular complexity index is 245. The Hall–Kier alpha value is -0.810. The van der Waals surface area contributed by atoms with Crippen LogP contribution < -0.4 is 11.1 Å². The summed E-state index contributed by atoms with van der Waals surface area (Å²) in [5.41, 5.74) is 5.13. The van der Waals surface area contributed by atoms with Gasteiger partial charge in [0.2, 0.25) is 0 Å². The van der Waals surface area contributed by atoms with Crippen molar-refractivity contribution in [3.8, 4) is 0 Å². The third-order valence-electron chi connectivity index (χ3n) is 2.69. The van der Waals surface area contributed by atoms with Gasteiger partial charge < -0.3 is 20.7 Å². The number of likely N-dealkylation sites (tertiary alicyclic amines) is 1. The second kappa shape index (κ2) is 6.21. The fourth-order valence-corrected chi connectivity index (χ4v) is 1.82. The number of nitrogens with zero attached hydrogens (tertiary/aromatic N) is 1. The maximum Gasteiger partial charge on any atom is 0.407 e. The molecule has 1 aliphatic rings. The Labute approximate surface area is 104 Å². The van der Waals surface area contributed by atoms with Crippen LogP contribution in [-0.2, 0) is 4.74 Å². The summed E-state index contributed by atoms with van der Waals surface area (Å²) >= 11 is 0. The van der Waals surface area contributed by atoms with E-state index in [1.807, 2.05) is 20.8 Å². The highest BCUT2D eigenvalue weighted by Crippen LogP contribution is 2.13. The van der Waals surface area contributed by atoms with E-state index in [0.29, 0.717) is 12.5 Å². The molecule has 5 heteroatoms. The third-order valence-corrected chi connectivity index (χ3v) is 2.69. The van der Waals surface area contributed by atoms with Gasteiger partial charge in [-0.15, -0.1) is 0 Å². The van der Waals surface area contributed by atoms with Crippen molar-refractivity contribution in [2.45, 2.75) is 32.8 Å². The number of hydrogen-bond donors (Lipinski definition) is 2. The van der Waals surface area contributed by atoms with E-state index in [2.05, 4.69) is 10.2 Å². The van der Waals surface area contributed by atoms with Crippen LogP contribution in [0.25, 0.3) is 0 Å². The number of nitrogens with two attached hydrogens (primary N) is 1. The molecule has 0 aliphatic carbocycles. The molecule has 0 aromatic rings. The van der Waals surface area contributed by atoms with Crippen LogP contribution in [0.4, 0.5) is 4.79 Å². The van der Waals surface area contributed by atoms with Crippen LogP contribution in [0.5, 0.6) is 0 Å². The van der Waals surface area contributed by atoms with Crippen molar-refractivity contribution in [2.24, 2.45) is 11.7 Å². The molecule has 100 valence electrons. The first kappa shape index (κ1) is 14.3. The first-order valence-electron chi connectivity index (χ1n) is 6.30. The van der Waals surface area contributed by atoms with Crippen molar-refractivity contribution < 1.29 is 9.53 Å². The van der Waals surface area contributed by atoms with Gasteiger partial charge in [-0.3, -0.25) is 0 Å². The Balaban J connectivity index is 1.96. The normalized spacial score (nSPS) is 17.6. The summed E-state index contributed by atoms with van der Waals surface area (Å²) in [6.45, 7) is 10.3. The minimum atomic E-state index is -0.421. The van der Waals surface area contributed by atoms with Gasteiger partial charge >= 0.3 is 6.09 Å². The van der Waals surface area contributed by atoms with Crippen molar-refractivity contribution in [1.82, 2.24) is 10.2 Å². The van der Waals surface area contributed by atoms with E-state index in [0.717, 1.165) is 32.6 Å². The molecule has 3 N–H and O–H groups in total. The van der Waals surface area contributed by atoms with Crippen molar-refractivity contribution in [3.63, 3.8) is 0 Å². The fourth-order valence-electron chi connectivity index (χ4n) is 1.82. The summed E-state index contributed by atoms with van der Waals surface area (Å²) in [6, 6.07) is 0. The molecule has 0 spiro atoms. The molecule has 1 amide bonds. The van der Waals surface area contributed by atoms with Crippen molar-refractivity contribution in [1.29, 1.82) is 0 Å². The maximum atomic E-state index is 11.3. The molecule has 0 radical (unpaired) electrons. The summed E-state index contributed by atoms with van der Waals surface area (Å²) in [4.78, 5) is 13.7. The molecular weight excluding hydrogens is 218 g/mol. The van der Waals surface area contributed by atoms with E-state index in [9.17, 15) is 4.79 Å². The summed E-state index contributed by atoms with van der Waals surface area (Å²) in [5, 5.41) is 2.76. The number of carbonyl (C=O) groups is 1. The molecule has 17 heavy (non-hydrogen) atoms. The van der Waals surface area contributed by atoms with Gasteiger partial charge in [-0.2, -0.15) is 0 Å². The SMILES string of the molecule is CC(C)(C)OC(=O)NCCCN1CC(CN)C1. The van der Waals surface area contributed by atoms with Gasteiger partial charge in [0, 0.05) is 19.6 Å². The van der Waals surface area contributed by atoms with Gasteiger partial charge in [-0.25, -0.2) is 4.79 Å². The lowest BCUT2D eigenvalue weighted by atomic mass is 10.0. The molecule has 0 unspecified atom stereocenters. The number of nitrogens with one attached hydrogen (secondary N) is 1. The number of rotatable bonds is 5. The van der Waals surface area contributed by atoms with E-state index < -0.39 is 5.60 Å². The lowest BCUT2D eigenvalue weighted by Gasteiger charge is -2.38. The summed E-state index contributed by atoms with van der Waals surface area (Å²) in [6.07, 6.45) is 0.622. The molecule has 1 heterocycles. The summed E-state index contributed by atoms with van der Waals surface area (Å²) < 4.78 is 5.14. The van der Waals surface area contributed by atoms with E-state index >= 15 is 0 Å². The van der Waals surface area contributed by atoms with Crippen molar-refractivity contribution in [2.75, 3.05) is 32.7 Å². The minimum Gasteiger partial charge on any atom is -0.444 e. The highest BCUT2D eigenvalue weighted by molar-refractivity contribution is 5.67. The van der Waals surface area contributed by atoms with Crippen LogP contribution in [0, 0.1) is 5.92 Å². The largest absolute Gasteiger partial charge is 0.444 e. The smallest absolute Gasteiger partial charge is 0.407 e. The molecule has 1 saturated heterocycles. The molecule has 0 saturated carbocycles. The zero-order chi connectivity index (χ0) is 12.9. The Morgan fingerprint density at radius 2 is 2.12 bits per heavy atom. The minimum absolute atomic E-state index is 0.332. The Kier molecular flexibility index (Phi) is 5.21. The second-order valence-electron chi connectivity index (χ2n) is 5.64. The monoisotopic (exact) mass is 243 g/mol. The highest BCUT2D eigenvalue weighted by Gasteiger charge is 2.24. The van der Waals surface area contributed by atoms with Crippen LogP contribution in [0.15, 0.2) is 0 Å². The van der Waals surface area contributed by atoms with Crippen LogP contribution in [-0.4, -0.2) is 49.3 Å². The number of carbonyl (C=O) groups excluding carboxylic acids is 1. The average Bonchev–Trinajstić information content (AvgIpc) is 2.11. The first-order chi connectivity index (χ1) is 7.90. The standard InChI is InChI=1S/C12H25N3O2/c1-12(2,3)17-11(16)14-5-4-6-15-8-10(7-13)9-15/h10H,4-9,13H2,1-3H3,(H,14,16). The topological polar surface area (TPSA) is 67.6 Å². The van der Waals surface area contributed by atoms with E-state index in [1.54, 1.807) is 0 Å². The molecule has 0 bridgehead atoms. The molecule has 1 fully saturated rings. The van der Waals surface area contributed by atoms with Gasteiger partial charge in [0.15, 0.2) is 0 Å². The number of amides is 1. The summed E-state index contributed by atoms with van der Waals surface area (Å²) in [7, 11) is 0. The molecule has 5 nitrogen and oxygen atoms in total. The molecule has 1 rings (SSSR count). The maximum absolute atomic E-state index is 11.3. The van der Waals surface area contributed by atoms with Crippen LogP contribution >= 0.6 is 0 Å². The predicted octanol–water partition coefficient (Wildman–Crippen LogP) is 0.792. The first-order valence-corrected chi connectivity index (χ1v) is 6.30. The van der Waals surface area contributed by atoms with E-state index in [-0.39, 0.29) is 6.09 Å². The van der Waals surface area contributed by atoms with Gasteiger partial charge in [0.05, 0.1) is 0 Å². The molecule has 0 aromatic heterocycles. The Morgan fingerprint density at radius 1 is 1.47 bits per heavy atom. The van der Waals surface area contributed by atoms with Gasteiger partial charge in [-0.05, 0) is 46.2 Å². The molecule has 0 aromatic carbocycles. The van der Waals surface area contributed by atoms with Crippen molar-refractivity contribution in [3.05, 3.63) is 0 Å². The van der Waals surface area contributed by atoms with E-state index in [1.165, 1.54) is 0 Å². The fraction of sp³-hybridized carbons (Fsp3) is 0.917. The quantitative estimate of drug-likeness (QED) is 0.701. The van der Waals surface area contributed by atoms with Gasteiger partial charge in [0.1, 0.15) is 5.60 Å². The highest BCUT2D eigenvalue weighted by atomic mass is 16.6. The Morgan fingerprint density at radius 3 is 2.65 bits per heavy atom. The van der Waals surface area contributed by atoms with Crippen LogP contribution in [0.2, 0.25) is 0 Å². The number of alkyl carbamates (subject to hydrolysis) is 1. The lowest BCUT2D eigenvalue weighted by Crippen LogP contribution is -2.50. The zero-order valence-electron chi connectivity index (χ0n) is 11.2. The third kappa shape index (κ3) is 5.89. The second-order valence-corrected chi connectivity index (χ2v) is 5.64. The molecule has 0 atom stereocenters. The van der Waals surface area contributed by atoms with Crippen molar-refractivity contribution >= 4 is 6.09 Å². The van der Waals surface area contributed by atoms with Gasteiger partial charge in [0.25, 0.3) is 0 Å². The number of hydrogen-bond acceptors (Lipinski definition) is 4. The van der Waals surface area contributed by atoms with E-state index in [4.69, 9.17) is 10.5 Å². The zero-order valence-corrected chi connectivity index (χ0v) is 11.2. The lowest BCUT2D eigenvalue weighted by molar-refractivity contribution is 0.0520. The summed E-state index contributed by atoms with van der Waals surface area (Å²) in [5.74, 6) is 0.675. The van der Waals surface area contributed by atoms with Gasteiger partial charge in [-0.1, -0.05) is 0 Å². The molecular formula is C12H25N3O2. The average molecular weight is 243 g/mol. The number of ether oxygens (including phenoxy) is 1. The molecule has 1 aliphatic heterocycles. The van der Waals surface area contributed by atoms with Crippen LogP contribution in [0.1, 0.15) is 27.2 Å².